The zero-order valence-electron chi connectivity index (χ0n) is 12.8. The van der Waals surface area contributed by atoms with Crippen molar-refractivity contribution in [3.8, 4) is 0 Å². The van der Waals surface area contributed by atoms with Crippen LogP contribution in [0, 0.1) is 11.8 Å². The number of carboxylic acids is 1. The lowest BCUT2D eigenvalue weighted by Crippen LogP contribution is -2.44. The van der Waals surface area contributed by atoms with E-state index in [-0.39, 0.29) is 10.8 Å². The summed E-state index contributed by atoms with van der Waals surface area (Å²) in [6.45, 7) is 7.50. The Morgan fingerprint density at radius 1 is 1.14 bits per heavy atom. The molecule has 0 fully saturated rings. The number of rotatable bonds is 7. The van der Waals surface area contributed by atoms with Crippen LogP contribution in [0.3, 0.4) is 0 Å². The van der Waals surface area contributed by atoms with Crippen LogP contribution >= 0.6 is 0 Å². The second kappa shape index (κ2) is 7.04. The van der Waals surface area contributed by atoms with Crippen molar-refractivity contribution in [1.82, 2.24) is 4.72 Å². The number of hydrogen-bond donors (Lipinski definition) is 2. The zero-order chi connectivity index (χ0) is 16.2. The van der Waals surface area contributed by atoms with Crippen LogP contribution in [-0.4, -0.2) is 25.5 Å². The Balaban J connectivity index is 2.95. The summed E-state index contributed by atoms with van der Waals surface area (Å²) in [7, 11) is -3.83. The molecule has 1 aromatic carbocycles. The normalized spacial score (nSPS) is 13.6. The molecule has 0 unspecified atom stereocenters. The third-order valence-electron chi connectivity index (χ3n) is 3.09. The first-order valence-corrected chi connectivity index (χ1v) is 8.46. The fourth-order valence-corrected chi connectivity index (χ4v) is 3.32. The van der Waals surface area contributed by atoms with Gasteiger partial charge < -0.3 is 5.11 Å². The number of hydrogen-bond acceptors (Lipinski definition) is 3. The fraction of sp³-hybridized carbons (Fsp3) is 0.533. The molecule has 0 amide bonds. The first kappa shape index (κ1) is 17.7. The van der Waals surface area contributed by atoms with E-state index in [1.54, 1.807) is 26.0 Å². The van der Waals surface area contributed by atoms with Gasteiger partial charge >= 0.3 is 5.97 Å². The van der Waals surface area contributed by atoms with Crippen molar-refractivity contribution in [3.05, 3.63) is 29.8 Å². The molecule has 0 spiro atoms. The van der Waals surface area contributed by atoms with Crippen molar-refractivity contribution in [3.63, 3.8) is 0 Å². The monoisotopic (exact) mass is 313 g/mol. The van der Waals surface area contributed by atoms with E-state index in [0.717, 1.165) is 12.0 Å². The Kier molecular flexibility index (Phi) is 5.92. The van der Waals surface area contributed by atoms with Crippen LogP contribution in [0.5, 0.6) is 0 Å². The Bertz CT molecular complexity index is 576. The molecule has 1 atom stereocenters. The highest BCUT2D eigenvalue weighted by Crippen LogP contribution is 2.15. The van der Waals surface area contributed by atoms with Gasteiger partial charge in [-0.25, -0.2) is 8.42 Å². The van der Waals surface area contributed by atoms with Crippen molar-refractivity contribution in [2.45, 2.75) is 45.1 Å². The van der Waals surface area contributed by atoms with Gasteiger partial charge in [0.2, 0.25) is 10.0 Å². The van der Waals surface area contributed by atoms with Crippen molar-refractivity contribution in [1.29, 1.82) is 0 Å². The zero-order valence-corrected chi connectivity index (χ0v) is 13.6. The largest absolute Gasteiger partial charge is 0.480 e. The molecule has 2 N–H and O–H groups in total. The average molecular weight is 313 g/mol. The number of sulfonamides is 1. The van der Waals surface area contributed by atoms with Crippen LogP contribution in [-0.2, 0) is 21.2 Å². The lowest BCUT2D eigenvalue weighted by atomic mass is 10.0. The third kappa shape index (κ3) is 5.13. The van der Waals surface area contributed by atoms with Crippen LogP contribution in [0.25, 0.3) is 0 Å². The highest BCUT2D eigenvalue weighted by Gasteiger charge is 2.27. The molecular weight excluding hydrogens is 290 g/mol. The van der Waals surface area contributed by atoms with Crippen LogP contribution < -0.4 is 4.72 Å². The molecule has 0 heterocycles. The smallest absolute Gasteiger partial charge is 0.322 e. The number of benzene rings is 1. The summed E-state index contributed by atoms with van der Waals surface area (Å²) < 4.78 is 26.7. The number of aliphatic carboxylic acids is 1. The molecule has 0 aliphatic rings. The summed E-state index contributed by atoms with van der Waals surface area (Å²) >= 11 is 0. The van der Waals surface area contributed by atoms with Crippen molar-refractivity contribution >= 4 is 16.0 Å². The second-order valence-electron chi connectivity index (χ2n) is 5.92. The van der Waals surface area contributed by atoms with Gasteiger partial charge in [0.25, 0.3) is 0 Å². The molecule has 0 radical (unpaired) electrons. The van der Waals surface area contributed by atoms with Gasteiger partial charge in [-0.3, -0.25) is 4.79 Å². The predicted molar refractivity (Wildman–Crippen MR) is 81.6 cm³/mol. The molecule has 118 valence electrons. The lowest BCUT2D eigenvalue weighted by molar-refractivity contribution is -0.140. The molecule has 0 bridgehead atoms. The molecule has 1 rings (SSSR count). The van der Waals surface area contributed by atoms with Gasteiger partial charge in [-0.15, -0.1) is 0 Å². The molecule has 0 aliphatic heterocycles. The van der Waals surface area contributed by atoms with Gasteiger partial charge in [0.1, 0.15) is 6.04 Å². The predicted octanol–water partition coefficient (Wildman–Crippen LogP) is 2.27. The Morgan fingerprint density at radius 3 is 2.05 bits per heavy atom. The van der Waals surface area contributed by atoms with Crippen LogP contribution in [0.1, 0.15) is 33.3 Å². The first-order chi connectivity index (χ1) is 9.63. The van der Waals surface area contributed by atoms with Crippen LogP contribution in [0.4, 0.5) is 0 Å². The maximum absolute atomic E-state index is 12.2. The molecule has 0 aromatic heterocycles. The SMILES string of the molecule is CC(C)Cc1ccc(S(=O)(=O)N[C@H](C(=O)O)C(C)C)cc1. The summed E-state index contributed by atoms with van der Waals surface area (Å²) in [4.78, 5) is 11.2. The lowest BCUT2D eigenvalue weighted by Gasteiger charge is -2.18. The van der Waals surface area contributed by atoms with Gasteiger partial charge in [-0.2, -0.15) is 4.72 Å². The molecule has 0 saturated heterocycles. The highest BCUT2D eigenvalue weighted by molar-refractivity contribution is 7.89. The number of carboxylic acid groups (broad SMARTS) is 1. The van der Waals surface area contributed by atoms with E-state index in [9.17, 15) is 13.2 Å². The maximum Gasteiger partial charge on any atom is 0.322 e. The van der Waals surface area contributed by atoms with E-state index in [4.69, 9.17) is 5.11 Å². The van der Waals surface area contributed by atoms with Crippen LogP contribution in [0.2, 0.25) is 0 Å². The van der Waals surface area contributed by atoms with E-state index in [1.165, 1.54) is 12.1 Å². The summed E-state index contributed by atoms with van der Waals surface area (Å²) in [5, 5.41) is 9.07. The minimum absolute atomic E-state index is 0.0851. The second-order valence-corrected chi connectivity index (χ2v) is 7.64. The van der Waals surface area contributed by atoms with Gasteiger partial charge in [-0.05, 0) is 36.0 Å². The highest BCUT2D eigenvalue weighted by atomic mass is 32.2. The van der Waals surface area contributed by atoms with E-state index in [1.807, 2.05) is 0 Å². The maximum atomic E-state index is 12.2. The van der Waals surface area contributed by atoms with E-state index in [0.29, 0.717) is 5.92 Å². The van der Waals surface area contributed by atoms with Crippen LogP contribution in [0.15, 0.2) is 29.2 Å². The number of carbonyl (C=O) groups is 1. The van der Waals surface area contributed by atoms with E-state index < -0.39 is 22.0 Å². The molecule has 1 aromatic rings. The molecule has 5 nitrogen and oxygen atoms in total. The quantitative estimate of drug-likeness (QED) is 0.809. The summed E-state index contributed by atoms with van der Waals surface area (Å²) in [5.74, 6) is -1.02. The Hall–Kier alpha value is -1.40. The minimum atomic E-state index is -3.83. The standard InChI is InChI=1S/C15H23NO4S/c1-10(2)9-12-5-7-13(8-6-12)21(19,20)16-14(11(3)4)15(17)18/h5-8,10-11,14,16H,9H2,1-4H3,(H,17,18)/t14-/m0/s1. The average Bonchev–Trinajstić information content (AvgIpc) is 2.35. The van der Waals surface area contributed by atoms with E-state index in [2.05, 4.69) is 18.6 Å². The Morgan fingerprint density at radius 2 is 1.67 bits per heavy atom. The molecule has 6 heteroatoms. The van der Waals surface area contributed by atoms with Crippen molar-refractivity contribution in [2.75, 3.05) is 0 Å². The third-order valence-corrected chi connectivity index (χ3v) is 4.55. The fourth-order valence-electron chi connectivity index (χ4n) is 1.98. The van der Waals surface area contributed by atoms with Gasteiger partial charge in [0.15, 0.2) is 0 Å². The first-order valence-electron chi connectivity index (χ1n) is 6.97. The van der Waals surface area contributed by atoms with Crippen molar-refractivity contribution < 1.29 is 18.3 Å². The van der Waals surface area contributed by atoms with Gasteiger partial charge in [-0.1, -0.05) is 39.8 Å². The topological polar surface area (TPSA) is 83.5 Å². The summed E-state index contributed by atoms with van der Waals surface area (Å²) in [6.07, 6.45) is 0.873. The van der Waals surface area contributed by atoms with Crippen molar-refractivity contribution in [2.24, 2.45) is 11.8 Å². The molecule has 0 saturated carbocycles. The molecular formula is C15H23NO4S. The van der Waals surface area contributed by atoms with Gasteiger partial charge in [0, 0.05) is 0 Å². The summed E-state index contributed by atoms with van der Waals surface area (Å²) in [6, 6.07) is 5.42. The van der Waals surface area contributed by atoms with Gasteiger partial charge in [0.05, 0.1) is 4.90 Å². The minimum Gasteiger partial charge on any atom is -0.480 e. The number of nitrogens with one attached hydrogen (secondary N) is 1. The van der Waals surface area contributed by atoms with E-state index >= 15 is 0 Å². The molecule has 0 aliphatic carbocycles. The summed E-state index contributed by atoms with van der Waals surface area (Å²) in [5.41, 5.74) is 1.06. The Labute approximate surface area is 126 Å². The molecule has 21 heavy (non-hydrogen) atoms.